The van der Waals surface area contributed by atoms with Gasteiger partial charge in [0.25, 0.3) is 0 Å². The first kappa shape index (κ1) is 11.5. The van der Waals surface area contributed by atoms with Crippen LogP contribution in [0.5, 0.6) is 0 Å². The number of rotatable bonds is 2. The lowest BCUT2D eigenvalue weighted by Gasteiger charge is -2.20. The van der Waals surface area contributed by atoms with E-state index in [2.05, 4.69) is 0 Å². The van der Waals surface area contributed by atoms with Crippen LogP contribution in [0.15, 0.2) is 35.9 Å². The molecule has 0 heterocycles. The molecule has 1 amide bonds. The number of primary amides is 1. The van der Waals surface area contributed by atoms with Crippen LogP contribution in [0.4, 0.5) is 0 Å². The van der Waals surface area contributed by atoms with E-state index in [0.717, 1.165) is 5.56 Å². The molecule has 0 bridgehead atoms. The molecule has 0 aliphatic rings. The Hall–Kier alpha value is -1.57. The van der Waals surface area contributed by atoms with Crippen molar-refractivity contribution in [1.82, 2.24) is 0 Å². The molecule has 1 aromatic carbocycles. The molecule has 1 aromatic rings. The molecular weight excluding hydrogens is 186 g/mol. The van der Waals surface area contributed by atoms with Crippen molar-refractivity contribution in [2.75, 3.05) is 0 Å². The van der Waals surface area contributed by atoms with Gasteiger partial charge in [0.2, 0.25) is 5.91 Å². The van der Waals surface area contributed by atoms with Gasteiger partial charge in [0, 0.05) is 5.57 Å². The molecule has 2 nitrogen and oxygen atoms in total. The summed E-state index contributed by atoms with van der Waals surface area (Å²) in [6.45, 7) is 5.94. The molecule has 15 heavy (non-hydrogen) atoms. The van der Waals surface area contributed by atoms with E-state index in [-0.39, 0.29) is 11.3 Å². The van der Waals surface area contributed by atoms with Crippen molar-refractivity contribution in [1.29, 1.82) is 0 Å². The molecule has 1 rings (SSSR count). The van der Waals surface area contributed by atoms with Gasteiger partial charge in [0.15, 0.2) is 0 Å². The largest absolute Gasteiger partial charge is 0.366 e. The minimum Gasteiger partial charge on any atom is -0.366 e. The monoisotopic (exact) mass is 203 g/mol. The molecule has 80 valence electrons. The van der Waals surface area contributed by atoms with Gasteiger partial charge in [0.05, 0.1) is 0 Å². The van der Waals surface area contributed by atoms with Gasteiger partial charge in [0.1, 0.15) is 0 Å². The average molecular weight is 203 g/mol. The molecule has 0 aromatic heterocycles. The van der Waals surface area contributed by atoms with Crippen LogP contribution in [0.2, 0.25) is 0 Å². The average Bonchev–Trinajstić information content (AvgIpc) is 2.13. The highest BCUT2D eigenvalue weighted by molar-refractivity contribution is 5.97. The van der Waals surface area contributed by atoms with E-state index in [1.165, 1.54) is 0 Å². The van der Waals surface area contributed by atoms with E-state index >= 15 is 0 Å². The van der Waals surface area contributed by atoms with Crippen LogP contribution in [-0.4, -0.2) is 5.91 Å². The molecule has 2 N–H and O–H groups in total. The van der Waals surface area contributed by atoms with E-state index in [0.29, 0.717) is 5.57 Å². The normalized spacial score (nSPS) is 12.6. The van der Waals surface area contributed by atoms with Gasteiger partial charge in [-0.05, 0) is 17.1 Å². The second kappa shape index (κ2) is 4.30. The minimum absolute atomic E-state index is 0.221. The van der Waals surface area contributed by atoms with Gasteiger partial charge in [-0.3, -0.25) is 4.79 Å². The maximum Gasteiger partial charge on any atom is 0.245 e. The SMILES string of the molecule is CC(C)(C)C(=Cc1ccccc1)C(N)=O. The lowest BCUT2D eigenvalue weighted by Crippen LogP contribution is -2.24. The Bertz CT molecular complexity index is 371. The molecule has 0 saturated carbocycles. The zero-order valence-electron chi connectivity index (χ0n) is 9.45. The first-order valence-corrected chi connectivity index (χ1v) is 4.98. The predicted molar refractivity (Wildman–Crippen MR) is 63.1 cm³/mol. The van der Waals surface area contributed by atoms with Crippen LogP contribution in [0.3, 0.4) is 0 Å². The third kappa shape index (κ3) is 3.24. The summed E-state index contributed by atoms with van der Waals surface area (Å²) in [5, 5.41) is 0. The van der Waals surface area contributed by atoms with E-state index in [1.54, 1.807) is 0 Å². The number of benzene rings is 1. The first-order chi connectivity index (χ1) is 6.91. The van der Waals surface area contributed by atoms with Crippen molar-refractivity contribution in [2.24, 2.45) is 11.1 Å². The second-order valence-electron chi connectivity index (χ2n) is 4.58. The summed E-state index contributed by atoms with van der Waals surface area (Å²) >= 11 is 0. The summed E-state index contributed by atoms with van der Waals surface area (Å²) in [6.07, 6.45) is 1.85. The standard InChI is InChI=1S/C13H17NO/c1-13(2,3)11(12(14)15)9-10-7-5-4-6-8-10/h4-9H,1-3H3,(H2,14,15). The fourth-order valence-corrected chi connectivity index (χ4v) is 1.37. The second-order valence-corrected chi connectivity index (χ2v) is 4.58. The summed E-state index contributed by atoms with van der Waals surface area (Å²) in [5.74, 6) is -0.355. The quantitative estimate of drug-likeness (QED) is 0.738. The van der Waals surface area contributed by atoms with Crippen LogP contribution in [-0.2, 0) is 4.79 Å². The van der Waals surface area contributed by atoms with Gasteiger partial charge in [-0.2, -0.15) is 0 Å². The van der Waals surface area contributed by atoms with Crippen molar-refractivity contribution >= 4 is 12.0 Å². The van der Waals surface area contributed by atoms with Crippen molar-refractivity contribution < 1.29 is 4.79 Å². The highest BCUT2D eigenvalue weighted by atomic mass is 16.1. The molecule has 0 saturated heterocycles. The van der Waals surface area contributed by atoms with E-state index in [4.69, 9.17) is 5.73 Å². The number of carbonyl (C=O) groups is 1. The Morgan fingerprint density at radius 3 is 2.13 bits per heavy atom. The minimum atomic E-state index is -0.355. The van der Waals surface area contributed by atoms with Gasteiger partial charge >= 0.3 is 0 Å². The van der Waals surface area contributed by atoms with Gasteiger partial charge in [-0.1, -0.05) is 51.1 Å². The van der Waals surface area contributed by atoms with Crippen molar-refractivity contribution in [3.8, 4) is 0 Å². The molecule has 0 radical (unpaired) electrons. The Balaban J connectivity index is 3.12. The first-order valence-electron chi connectivity index (χ1n) is 4.98. The summed E-state index contributed by atoms with van der Waals surface area (Å²) in [5.41, 5.74) is 6.79. The number of hydrogen-bond acceptors (Lipinski definition) is 1. The molecule has 0 fully saturated rings. The van der Waals surface area contributed by atoms with Crippen LogP contribution in [0.25, 0.3) is 6.08 Å². The Labute approximate surface area is 90.8 Å². The van der Waals surface area contributed by atoms with Crippen LogP contribution in [0, 0.1) is 5.41 Å². The number of amides is 1. The summed E-state index contributed by atoms with van der Waals surface area (Å²) in [7, 11) is 0. The lowest BCUT2D eigenvalue weighted by atomic mass is 9.85. The van der Waals surface area contributed by atoms with Crippen LogP contribution < -0.4 is 5.73 Å². The van der Waals surface area contributed by atoms with Crippen molar-refractivity contribution in [2.45, 2.75) is 20.8 Å². The van der Waals surface area contributed by atoms with Gasteiger partial charge < -0.3 is 5.73 Å². The smallest absolute Gasteiger partial charge is 0.245 e. The third-order valence-electron chi connectivity index (χ3n) is 2.18. The van der Waals surface area contributed by atoms with Crippen LogP contribution >= 0.6 is 0 Å². The zero-order chi connectivity index (χ0) is 11.5. The highest BCUT2D eigenvalue weighted by Crippen LogP contribution is 2.26. The molecule has 0 aliphatic heterocycles. The fourth-order valence-electron chi connectivity index (χ4n) is 1.37. The summed E-state index contributed by atoms with van der Waals surface area (Å²) < 4.78 is 0. The topological polar surface area (TPSA) is 43.1 Å². The molecular formula is C13H17NO. The lowest BCUT2D eigenvalue weighted by molar-refractivity contribution is -0.115. The highest BCUT2D eigenvalue weighted by Gasteiger charge is 2.21. The van der Waals surface area contributed by atoms with E-state index in [1.807, 2.05) is 57.2 Å². The Morgan fingerprint density at radius 2 is 1.73 bits per heavy atom. The molecule has 2 heteroatoms. The zero-order valence-corrected chi connectivity index (χ0v) is 9.45. The predicted octanol–water partition coefficient (Wildman–Crippen LogP) is 2.60. The van der Waals surface area contributed by atoms with E-state index < -0.39 is 0 Å². The Kier molecular flexibility index (Phi) is 3.30. The fraction of sp³-hybridized carbons (Fsp3) is 0.308. The van der Waals surface area contributed by atoms with Gasteiger partial charge in [-0.25, -0.2) is 0 Å². The molecule has 0 spiro atoms. The number of hydrogen-bond donors (Lipinski definition) is 1. The van der Waals surface area contributed by atoms with Crippen molar-refractivity contribution in [3.63, 3.8) is 0 Å². The van der Waals surface area contributed by atoms with Crippen LogP contribution in [0.1, 0.15) is 26.3 Å². The molecule has 0 unspecified atom stereocenters. The van der Waals surface area contributed by atoms with Gasteiger partial charge in [-0.15, -0.1) is 0 Å². The third-order valence-corrected chi connectivity index (χ3v) is 2.18. The number of nitrogens with two attached hydrogens (primary N) is 1. The number of carbonyl (C=O) groups excluding carboxylic acids is 1. The maximum absolute atomic E-state index is 11.3. The summed E-state index contributed by atoms with van der Waals surface area (Å²) in [4.78, 5) is 11.3. The molecule has 0 atom stereocenters. The van der Waals surface area contributed by atoms with Crippen molar-refractivity contribution in [3.05, 3.63) is 41.5 Å². The van der Waals surface area contributed by atoms with E-state index in [9.17, 15) is 4.79 Å². The molecule has 0 aliphatic carbocycles. The maximum atomic E-state index is 11.3. The Morgan fingerprint density at radius 1 is 1.20 bits per heavy atom. The summed E-state index contributed by atoms with van der Waals surface area (Å²) in [6, 6.07) is 9.72.